The highest BCUT2D eigenvalue weighted by Crippen LogP contribution is 2.42. The third-order valence-electron chi connectivity index (χ3n) is 3.67. The van der Waals surface area contributed by atoms with E-state index in [1.165, 1.54) is 12.4 Å². The molecule has 3 N–H and O–H groups in total. The Kier molecular flexibility index (Phi) is 3.21. The van der Waals surface area contributed by atoms with Gasteiger partial charge in [-0.05, 0) is 6.42 Å². The third kappa shape index (κ3) is 2.15. The summed E-state index contributed by atoms with van der Waals surface area (Å²) in [5, 5.41) is 2.94. The Labute approximate surface area is 106 Å². The summed E-state index contributed by atoms with van der Waals surface area (Å²) in [7, 11) is 1.69. The Morgan fingerprint density at radius 2 is 2.22 bits per heavy atom. The Morgan fingerprint density at radius 1 is 1.50 bits per heavy atom. The minimum absolute atomic E-state index is 0.0638. The van der Waals surface area contributed by atoms with Gasteiger partial charge in [-0.15, -0.1) is 0 Å². The number of hydrogen-bond donors (Lipinski definition) is 2. The second-order valence-corrected chi connectivity index (χ2v) is 5.13. The molecule has 1 aromatic heterocycles. The van der Waals surface area contributed by atoms with Gasteiger partial charge in [-0.1, -0.05) is 13.8 Å². The number of hydrogen-bond acceptors (Lipinski definition) is 5. The number of aromatic nitrogens is 2. The molecule has 1 aromatic rings. The highest BCUT2D eigenvalue weighted by molar-refractivity contribution is 5.92. The number of rotatable bonds is 3. The summed E-state index contributed by atoms with van der Waals surface area (Å²) in [6.45, 7) is 4.15. The molecule has 0 aromatic carbocycles. The second kappa shape index (κ2) is 4.53. The van der Waals surface area contributed by atoms with Gasteiger partial charge in [0.2, 0.25) is 0 Å². The van der Waals surface area contributed by atoms with E-state index in [-0.39, 0.29) is 29.2 Å². The molecule has 1 aliphatic carbocycles. The van der Waals surface area contributed by atoms with Crippen LogP contribution >= 0.6 is 0 Å². The Hall–Kier alpha value is -1.69. The van der Waals surface area contributed by atoms with Crippen molar-refractivity contribution in [2.75, 3.05) is 12.8 Å². The Balaban J connectivity index is 1.99. The van der Waals surface area contributed by atoms with Crippen LogP contribution in [-0.2, 0) is 4.74 Å². The lowest BCUT2D eigenvalue weighted by molar-refractivity contribution is -0.0942. The fourth-order valence-corrected chi connectivity index (χ4v) is 2.22. The maximum absolute atomic E-state index is 11.9. The van der Waals surface area contributed by atoms with Crippen molar-refractivity contribution in [3.63, 3.8) is 0 Å². The highest BCUT2D eigenvalue weighted by atomic mass is 16.5. The van der Waals surface area contributed by atoms with Gasteiger partial charge in [0.25, 0.3) is 5.91 Å². The van der Waals surface area contributed by atoms with Crippen molar-refractivity contribution in [1.82, 2.24) is 15.3 Å². The van der Waals surface area contributed by atoms with Gasteiger partial charge in [0, 0.05) is 18.6 Å². The molecular weight excluding hydrogens is 232 g/mol. The molecule has 2 atom stereocenters. The van der Waals surface area contributed by atoms with Gasteiger partial charge in [0.15, 0.2) is 0 Å². The lowest BCUT2D eigenvalue weighted by Crippen LogP contribution is -2.61. The number of anilines is 1. The molecule has 6 nitrogen and oxygen atoms in total. The van der Waals surface area contributed by atoms with E-state index in [4.69, 9.17) is 10.5 Å². The molecule has 18 heavy (non-hydrogen) atoms. The number of carbonyl (C=O) groups excluding carboxylic acids is 1. The summed E-state index contributed by atoms with van der Waals surface area (Å²) in [6.07, 6.45) is 3.75. The fourth-order valence-electron chi connectivity index (χ4n) is 2.22. The van der Waals surface area contributed by atoms with Crippen LogP contribution in [0.15, 0.2) is 12.4 Å². The van der Waals surface area contributed by atoms with Crippen LogP contribution in [-0.4, -0.2) is 35.1 Å². The van der Waals surface area contributed by atoms with Crippen molar-refractivity contribution in [2.24, 2.45) is 5.41 Å². The topological polar surface area (TPSA) is 90.1 Å². The zero-order valence-electron chi connectivity index (χ0n) is 10.8. The van der Waals surface area contributed by atoms with Crippen molar-refractivity contribution in [2.45, 2.75) is 32.4 Å². The number of amides is 1. The SMILES string of the molecule is COC1CC(NC(=O)c2cnc(N)cn2)C1(C)C. The zero-order chi connectivity index (χ0) is 13.3. The van der Waals surface area contributed by atoms with Gasteiger partial charge in [-0.3, -0.25) is 4.79 Å². The molecular formula is C12H18N4O2. The molecule has 0 radical (unpaired) electrons. The summed E-state index contributed by atoms with van der Waals surface area (Å²) in [6, 6.07) is 0.0919. The molecule has 0 bridgehead atoms. The van der Waals surface area contributed by atoms with E-state index in [1.807, 2.05) is 0 Å². The van der Waals surface area contributed by atoms with Crippen LogP contribution in [0.2, 0.25) is 0 Å². The number of ether oxygens (including phenoxy) is 1. The van der Waals surface area contributed by atoms with E-state index < -0.39 is 0 Å². The highest BCUT2D eigenvalue weighted by Gasteiger charge is 2.49. The molecule has 0 saturated heterocycles. The van der Waals surface area contributed by atoms with Crippen molar-refractivity contribution < 1.29 is 9.53 Å². The Morgan fingerprint density at radius 3 is 2.72 bits per heavy atom. The van der Waals surface area contributed by atoms with E-state index in [1.54, 1.807) is 7.11 Å². The molecule has 2 rings (SSSR count). The standard InChI is InChI=1S/C12H18N4O2/c1-12(2)8(4-9(12)18-3)16-11(17)7-5-15-10(13)6-14-7/h5-6,8-9H,4H2,1-3H3,(H2,13,15)(H,16,17). The maximum Gasteiger partial charge on any atom is 0.271 e. The first-order chi connectivity index (χ1) is 8.45. The lowest BCUT2D eigenvalue weighted by atomic mass is 9.64. The predicted octanol–water partition coefficient (Wildman–Crippen LogP) is 0.602. The van der Waals surface area contributed by atoms with Crippen LogP contribution in [0, 0.1) is 5.41 Å². The summed E-state index contributed by atoms with van der Waals surface area (Å²) >= 11 is 0. The molecule has 0 spiro atoms. The molecule has 1 amide bonds. The van der Waals surface area contributed by atoms with Gasteiger partial charge in [0.1, 0.15) is 11.5 Å². The minimum Gasteiger partial charge on any atom is -0.382 e. The molecule has 1 saturated carbocycles. The second-order valence-electron chi connectivity index (χ2n) is 5.13. The van der Waals surface area contributed by atoms with E-state index in [0.717, 1.165) is 6.42 Å². The quantitative estimate of drug-likeness (QED) is 0.820. The van der Waals surface area contributed by atoms with E-state index in [2.05, 4.69) is 29.1 Å². The summed E-state index contributed by atoms with van der Waals surface area (Å²) in [4.78, 5) is 19.7. The number of nitrogens with two attached hydrogens (primary N) is 1. The smallest absolute Gasteiger partial charge is 0.271 e. The molecule has 1 aliphatic rings. The number of nitrogens with zero attached hydrogens (tertiary/aromatic N) is 2. The summed E-state index contributed by atoms with van der Waals surface area (Å²) < 4.78 is 5.34. The van der Waals surface area contributed by atoms with Crippen molar-refractivity contribution in [1.29, 1.82) is 0 Å². The number of methoxy groups -OCH3 is 1. The van der Waals surface area contributed by atoms with E-state index >= 15 is 0 Å². The summed E-state index contributed by atoms with van der Waals surface area (Å²) in [5.41, 5.74) is 5.64. The third-order valence-corrected chi connectivity index (χ3v) is 3.67. The van der Waals surface area contributed by atoms with Gasteiger partial charge >= 0.3 is 0 Å². The van der Waals surface area contributed by atoms with E-state index in [9.17, 15) is 4.79 Å². The van der Waals surface area contributed by atoms with Crippen LogP contribution in [0.4, 0.5) is 5.82 Å². The zero-order valence-corrected chi connectivity index (χ0v) is 10.8. The molecule has 98 valence electrons. The molecule has 0 aliphatic heterocycles. The van der Waals surface area contributed by atoms with Gasteiger partial charge < -0.3 is 15.8 Å². The van der Waals surface area contributed by atoms with Crippen LogP contribution in [0.5, 0.6) is 0 Å². The number of nitrogens with one attached hydrogen (secondary N) is 1. The first kappa shape index (κ1) is 12.8. The average molecular weight is 250 g/mol. The largest absolute Gasteiger partial charge is 0.382 e. The average Bonchev–Trinajstić information content (AvgIpc) is 2.34. The maximum atomic E-state index is 11.9. The van der Waals surface area contributed by atoms with Crippen molar-refractivity contribution >= 4 is 11.7 Å². The molecule has 2 unspecified atom stereocenters. The van der Waals surface area contributed by atoms with Crippen LogP contribution in [0.1, 0.15) is 30.8 Å². The van der Waals surface area contributed by atoms with Crippen molar-refractivity contribution in [3.8, 4) is 0 Å². The first-order valence-electron chi connectivity index (χ1n) is 5.86. The van der Waals surface area contributed by atoms with Gasteiger partial charge in [0.05, 0.1) is 18.5 Å². The normalized spacial score (nSPS) is 25.3. The molecule has 1 fully saturated rings. The van der Waals surface area contributed by atoms with Gasteiger partial charge in [-0.25, -0.2) is 9.97 Å². The monoisotopic (exact) mass is 250 g/mol. The van der Waals surface area contributed by atoms with E-state index in [0.29, 0.717) is 5.82 Å². The van der Waals surface area contributed by atoms with Crippen LogP contribution in [0.25, 0.3) is 0 Å². The van der Waals surface area contributed by atoms with Crippen LogP contribution in [0.3, 0.4) is 0 Å². The van der Waals surface area contributed by atoms with Gasteiger partial charge in [-0.2, -0.15) is 0 Å². The van der Waals surface area contributed by atoms with Crippen molar-refractivity contribution in [3.05, 3.63) is 18.1 Å². The summed E-state index contributed by atoms with van der Waals surface area (Å²) in [5.74, 6) is 0.0742. The predicted molar refractivity (Wildman–Crippen MR) is 66.9 cm³/mol. The van der Waals surface area contributed by atoms with Crippen LogP contribution < -0.4 is 11.1 Å². The number of nitrogen functional groups attached to an aromatic ring is 1. The minimum atomic E-state index is -0.227. The number of carbonyl (C=O) groups is 1. The first-order valence-corrected chi connectivity index (χ1v) is 5.86. The molecule has 6 heteroatoms. The molecule has 1 heterocycles. The Bertz CT molecular complexity index is 444. The fraction of sp³-hybridized carbons (Fsp3) is 0.583. The lowest BCUT2D eigenvalue weighted by Gasteiger charge is -2.51.